The summed E-state index contributed by atoms with van der Waals surface area (Å²) in [5.41, 5.74) is 0. The molecule has 0 aromatic rings. The van der Waals surface area contributed by atoms with Crippen LogP contribution in [0.15, 0.2) is 0 Å². The third-order valence-corrected chi connectivity index (χ3v) is 2.77. The van der Waals surface area contributed by atoms with Gasteiger partial charge in [0.25, 0.3) is 0 Å². The van der Waals surface area contributed by atoms with Crippen LogP contribution in [-0.4, -0.2) is 19.1 Å². The van der Waals surface area contributed by atoms with Gasteiger partial charge in [-0.2, -0.15) is 0 Å². The molecular weight excluding hydrogens is 196 g/mol. The van der Waals surface area contributed by atoms with Crippen molar-refractivity contribution >= 4 is 11.6 Å². The maximum atomic E-state index is 5.90. The second kappa shape index (κ2) is 9.79. The van der Waals surface area contributed by atoms with Gasteiger partial charge in [-0.3, -0.25) is 0 Å². The highest BCUT2D eigenvalue weighted by molar-refractivity contribution is 6.18. The highest BCUT2D eigenvalue weighted by atomic mass is 35.5. The SMILES string of the molecule is CCCCOCCC(CCl)CC(C)C. The van der Waals surface area contributed by atoms with Gasteiger partial charge in [-0.25, -0.2) is 0 Å². The Morgan fingerprint density at radius 2 is 1.93 bits per heavy atom. The summed E-state index contributed by atoms with van der Waals surface area (Å²) in [7, 11) is 0. The molecule has 86 valence electrons. The van der Waals surface area contributed by atoms with E-state index in [2.05, 4.69) is 20.8 Å². The van der Waals surface area contributed by atoms with E-state index in [1.807, 2.05) is 0 Å². The van der Waals surface area contributed by atoms with Gasteiger partial charge in [0.2, 0.25) is 0 Å². The number of hydrogen-bond acceptors (Lipinski definition) is 1. The van der Waals surface area contributed by atoms with Crippen molar-refractivity contribution in [2.24, 2.45) is 11.8 Å². The summed E-state index contributed by atoms with van der Waals surface area (Å²) < 4.78 is 5.53. The van der Waals surface area contributed by atoms with Crippen LogP contribution in [0.1, 0.15) is 46.5 Å². The Bertz CT molecular complexity index is 115. The fourth-order valence-electron chi connectivity index (χ4n) is 1.52. The summed E-state index contributed by atoms with van der Waals surface area (Å²) in [5.74, 6) is 2.16. The summed E-state index contributed by atoms with van der Waals surface area (Å²) >= 11 is 5.90. The number of alkyl halides is 1. The molecule has 0 aliphatic heterocycles. The van der Waals surface area contributed by atoms with E-state index in [4.69, 9.17) is 16.3 Å². The van der Waals surface area contributed by atoms with Crippen molar-refractivity contribution < 1.29 is 4.74 Å². The van der Waals surface area contributed by atoms with E-state index in [0.29, 0.717) is 5.92 Å². The first-order valence-electron chi connectivity index (χ1n) is 5.84. The molecule has 0 saturated heterocycles. The molecule has 0 aliphatic rings. The summed E-state index contributed by atoms with van der Waals surface area (Å²) in [6.45, 7) is 8.47. The van der Waals surface area contributed by atoms with Crippen molar-refractivity contribution in [3.63, 3.8) is 0 Å². The Morgan fingerprint density at radius 1 is 1.21 bits per heavy atom. The van der Waals surface area contributed by atoms with E-state index in [0.717, 1.165) is 31.4 Å². The molecule has 1 unspecified atom stereocenters. The number of ether oxygens (including phenoxy) is 1. The first kappa shape index (κ1) is 14.2. The quantitative estimate of drug-likeness (QED) is 0.420. The zero-order valence-electron chi connectivity index (χ0n) is 9.89. The lowest BCUT2D eigenvalue weighted by Crippen LogP contribution is -2.10. The smallest absolute Gasteiger partial charge is 0.0469 e. The minimum Gasteiger partial charge on any atom is -0.381 e. The lowest BCUT2D eigenvalue weighted by Gasteiger charge is -2.15. The third kappa shape index (κ3) is 8.83. The molecule has 0 saturated carbocycles. The molecule has 0 rings (SSSR count). The van der Waals surface area contributed by atoms with E-state index < -0.39 is 0 Å². The fourth-order valence-corrected chi connectivity index (χ4v) is 1.80. The van der Waals surface area contributed by atoms with Crippen LogP contribution in [0.5, 0.6) is 0 Å². The van der Waals surface area contributed by atoms with E-state index in [1.54, 1.807) is 0 Å². The van der Waals surface area contributed by atoms with Crippen LogP contribution in [0.3, 0.4) is 0 Å². The van der Waals surface area contributed by atoms with Crippen molar-refractivity contribution in [2.45, 2.75) is 46.5 Å². The minimum absolute atomic E-state index is 0.637. The number of hydrogen-bond donors (Lipinski definition) is 0. The average Bonchev–Trinajstić information content (AvgIpc) is 2.15. The molecule has 0 aliphatic carbocycles. The number of unbranched alkanes of at least 4 members (excludes halogenated alkanes) is 1. The number of rotatable bonds is 9. The average molecular weight is 221 g/mol. The van der Waals surface area contributed by atoms with Gasteiger partial charge in [0, 0.05) is 19.1 Å². The molecule has 0 heterocycles. The maximum Gasteiger partial charge on any atom is 0.0469 e. The third-order valence-electron chi connectivity index (χ3n) is 2.34. The van der Waals surface area contributed by atoms with Gasteiger partial charge < -0.3 is 4.74 Å². The van der Waals surface area contributed by atoms with Gasteiger partial charge in [-0.05, 0) is 31.1 Å². The van der Waals surface area contributed by atoms with Crippen molar-refractivity contribution in [3.05, 3.63) is 0 Å². The van der Waals surface area contributed by atoms with E-state index in [9.17, 15) is 0 Å². The Hall–Kier alpha value is 0.250. The molecular formula is C12H25ClO. The van der Waals surface area contributed by atoms with Crippen LogP contribution in [0.25, 0.3) is 0 Å². The van der Waals surface area contributed by atoms with Crippen molar-refractivity contribution in [1.82, 2.24) is 0 Å². The van der Waals surface area contributed by atoms with Gasteiger partial charge >= 0.3 is 0 Å². The summed E-state index contributed by atoms with van der Waals surface area (Å²) in [6.07, 6.45) is 4.73. The molecule has 0 amide bonds. The Morgan fingerprint density at radius 3 is 2.43 bits per heavy atom. The molecule has 0 spiro atoms. The highest BCUT2D eigenvalue weighted by Crippen LogP contribution is 2.16. The van der Waals surface area contributed by atoms with E-state index in [1.165, 1.54) is 19.3 Å². The van der Waals surface area contributed by atoms with Gasteiger partial charge in [0.1, 0.15) is 0 Å². The molecule has 1 nitrogen and oxygen atoms in total. The van der Waals surface area contributed by atoms with Gasteiger partial charge in [0.15, 0.2) is 0 Å². The molecule has 0 bridgehead atoms. The predicted octanol–water partition coefficient (Wildman–Crippen LogP) is 4.09. The molecule has 0 aromatic carbocycles. The molecule has 0 fully saturated rings. The van der Waals surface area contributed by atoms with E-state index >= 15 is 0 Å². The largest absolute Gasteiger partial charge is 0.381 e. The van der Waals surface area contributed by atoms with Crippen molar-refractivity contribution in [2.75, 3.05) is 19.1 Å². The van der Waals surface area contributed by atoms with Crippen LogP contribution in [0, 0.1) is 11.8 Å². The topological polar surface area (TPSA) is 9.23 Å². The highest BCUT2D eigenvalue weighted by Gasteiger charge is 2.09. The van der Waals surface area contributed by atoms with E-state index in [-0.39, 0.29) is 0 Å². The standard InChI is InChI=1S/C12H25ClO/c1-4-5-7-14-8-6-12(10-13)9-11(2)3/h11-12H,4-10H2,1-3H3. The minimum atomic E-state index is 0.637. The monoisotopic (exact) mass is 220 g/mol. The Labute approximate surface area is 94.2 Å². The molecule has 0 radical (unpaired) electrons. The van der Waals surface area contributed by atoms with Crippen LogP contribution < -0.4 is 0 Å². The van der Waals surface area contributed by atoms with Crippen LogP contribution in [0.4, 0.5) is 0 Å². The summed E-state index contributed by atoms with van der Waals surface area (Å²) in [6, 6.07) is 0. The van der Waals surface area contributed by atoms with Gasteiger partial charge in [-0.1, -0.05) is 27.2 Å². The second-order valence-electron chi connectivity index (χ2n) is 4.40. The molecule has 1 atom stereocenters. The van der Waals surface area contributed by atoms with Gasteiger partial charge in [-0.15, -0.1) is 11.6 Å². The second-order valence-corrected chi connectivity index (χ2v) is 4.71. The van der Waals surface area contributed by atoms with Crippen LogP contribution >= 0.6 is 11.6 Å². The van der Waals surface area contributed by atoms with Crippen LogP contribution in [-0.2, 0) is 4.74 Å². The maximum absolute atomic E-state index is 5.90. The van der Waals surface area contributed by atoms with Crippen molar-refractivity contribution in [3.8, 4) is 0 Å². The molecule has 0 aromatic heterocycles. The Kier molecular flexibility index (Phi) is 9.97. The Balaban J connectivity index is 3.33. The van der Waals surface area contributed by atoms with Crippen LogP contribution in [0.2, 0.25) is 0 Å². The first-order chi connectivity index (χ1) is 6.70. The lowest BCUT2D eigenvalue weighted by atomic mass is 9.96. The predicted molar refractivity (Wildman–Crippen MR) is 64.0 cm³/mol. The summed E-state index contributed by atoms with van der Waals surface area (Å²) in [4.78, 5) is 0. The van der Waals surface area contributed by atoms with Crippen molar-refractivity contribution in [1.29, 1.82) is 0 Å². The zero-order valence-corrected chi connectivity index (χ0v) is 10.6. The molecule has 14 heavy (non-hydrogen) atoms. The zero-order chi connectivity index (χ0) is 10.8. The molecule has 2 heteroatoms. The fraction of sp³-hybridized carbons (Fsp3) is 1.00. The normalized spacial score (nSPS) is 13.5. The lowest BCUT2D eigenvalue weighted by molar-refractivity contribution is 0.117. The molecule has 0 N–H and O–H groups in total. The van der Waals surface area contributed by atoms with Gasteiger partial charge in [0.05, 0.1) is 0 Å². The first-order valence-corrected chi connectivity index (χ1v) is 6.37. The number of halogens is 1. The summed E-state index contributed by atoms with van der Waals surface area (Å²) in [5, 5.41) is 0.